The highest BCUT2D eigenvalue weighted by Gasteiger charge is 2.15. The monoisotopic (exact) mass is 530 g/mol. The van der Waals surface area contributed by atoms with Crippen LogP contribution >= 0.6 is 11.4 Å². The number of hydrogen-bond acceptors (Lipinski definition) is 6. The molecule has 0 aliphatic carbocycles. The van der Waals surface area contributed by atoms with Crippen molar-refractivity contribution in [2.75, 3.05) is 12.3 Å². The molecule has 0 aliphatic rings. The summed E-state index contributed by atoms with van der Waals surface area (Å²) in [6.45, 7) is 3.52. The Balaban J connectivity index is 1.68. The van der Waals surface area contributed by atoms with Gasteiger partial charge in [-0.1, -0.05) is 48.5 Å². The van der Waals surface area contributed by atoms with Crippen molar-refractivity contribution in [2.45, 2.75) is 26.8 Å². The summed E-state index contributed by atoms with van der Waals surface area (Å²) in [5.74, 6) is 2.01. The summed E-state index contributed by atoms with van der Waals surface area (Å²) in [6.07, 6.45) is 2.54. The predicted molar refractivity (Wildman–Crippen MR) is 153 cm³/mol. The number of nitrogens with two attached hydrogens (primary N) is 1. The van der Waals surface area contributed by atoms with E-state index in [9.17, 15) is 15.0 Å². The molecule has 0 atom stereocenters. The number of allylic oxidation sites excluding steroid dienone is 1. The number of nitrogen functional groups attached to an aromatic ring is 1. The Kier molecular flexibility index (Phi) is 8.85. The third-order valence-electron chi connectivity index (χ3n) is 6.02. The van der Waals surface area contributed by atoms with Gasteiger partial charge in [0.15, 0.2) is 0 Å². The number of benzene rings is 3. The second-order valence-corrected chi connectivity index (χ2v) is 9.76. The van der Waals surface area contributed by atoms with E-state index in [4.69, 9.17) is 10.5 Å². The molecule has 0 fully saturated rings. The highest BCUT2D eigenvalue weighted by atomic mass is 32.1. The Morgan fingerprint density at radius 1 is 1.08 bits per heavy atom. The quantitative estimate of drug-likeness (QED) is 0.128. The Hall–Kier alpha value is -4.05. The number of rotatable bonds is 10. The summed E-state index contributed by atoms with van der Waals surface area (Å²) in [5, 5.41) is 23.0. The molecule has 8 nitrogen and oxygen atoms in total. The minimum absolute atomic E-state index is 0.0349. The van der Waals surface area contributed by atoms with Crippen LogP contribution in [0.15, 0.2) is 83.5 Å². The Morgan fingerprint density at radius 3 is 2.55 bits per heavy atom. The van der Waals surface area contributed by atoms with Gasteiger partial charge in [-0.2, -0.15) is 0 Å². The third kappa shape index (κ3) is 6.25. The summed E-state index contributed by atoms with van der Waals surface area (Å²) < 4.78 is 6.27. The molecule has 0 radical (unpaired) electrons. The number of nitrogens with zero attached hydrogens (tertiary/aromatic N) is 3. The maximum Gasteiger partial charge on any atom is 0.214 e. The summed E-state index contributed by atoms with van der Waals surface area (Å²) >= 11 is 0.435. The van der Waals surface area contributed by atoms with Gasteiger partial charge in [0.05, 0.1) is 12.1 Å². The van der Waals surface area contributed by atoms with Crippen LogP contribution in [0.5, 0.6) is 11.5 Å². The number of ether oxygens (including phenoxy) is 1. The number of thiol groups is 1. The van der Waals surface area contributed by atoms with Gasteiger partial charge in [-0.25, -0.2) is 9.97 Å². The number of aliphatic hydroxyl groups excluding tert-OH is 2. The molecule has 4 aromatic rings. The van der Waals surface area contributed by atoms with Gasteiger partial charge in [0.2, 0.25) is 6.41 Å². The largest absolute Gasteiger partial charge is 0.456 e. The topological polar surface area (TPSA) is 122 Å². The molecule has 0 saturated carbocycles. The van der Waals surface area contributed by atoms with E-state index < -0.39 is 0 Å². The molecule has 4 N–H and O–H groups in total. The first-order valence-corrected chi connectivity index (χ1v) is 12.9. The third-order valence-corrected chi connectivity index (χ3v) is 7.29. The first-order valence-electron chi connectivity index (χ1n) is 12.0. The predicted octanol–water partition coefficient (Wildman–Crippen LogP) is 5.09. The molecule has 196 valence electrons. The molecule has 0 unspecified atom stereocenters. The van der Waals surface area contributed by atoms with E-state index in [2.05, 4.69) is 9.97 Å². The van der Waals surface area contributed by atoms with Crippen molar-refractivity contribution in [3.8, 4) is 11.5 Å². The molecule has 3 aromatic carbocycles. The van der Waals surface area contributed by atoms with E-state index in [-0.39, 0.29) is 24.6 Å². The fourth-order valence-corrected chi connectivity index (χ4v) is 5.04. The second kappa shape index (κ2) is 12.5. The van der Waals surface area contributed by atoms with Crippen LogP contribution in [0.2, 0.25) is 0 Å². The van der Waals surface area contributed by atoms with Gasteiger partial charge in [-0.15, -0.1) is 11.4 Å². The van der Waals surface area contributed by atoms with Crippen LogP contribution in [-0.2, 0) is 11.3 Å². The fraction of sp³-hybridized carbons (Fsp3) is 0.172. The molecule has 0 saturated heterocycles. The summed E-state index contributed by atoms with van der Waals surface area (Å²) in [6, 6.07) is 21.0. The number of hydrogen-bond donors (Lipinski definition) is 4. The molecular formula is C29H30N4O4S. The van der Waals surface area contributed by atoms with E-state index in [1.807, 2.05) is 54.6 Å². The van der Waals surface area contributed by atoms with Gasteiger partial charge < -0.3 is 25.6 Å². The number of carbonyl (C=O) groups is 1. The van der Waals surface area contributed by atoms with Crippen molar-refractivity contribution in [2.24, 2.45) is 0 Å². The molecule has 0 bridgehead atoms. The standard InChI is InChI=1S/C29H30N4O4S/c1-19(33(18-35)17-22-16-31-20(2)32-28(22)30)27(14-15-34)38-29(36)24-11-5-6-12-26(24)37-25-13-7-9-21-8-3-4-10-23(21)25/h3-13,16,18,34,36,38H,14-15,17H2,1-2H3,(H2,30,31,32)/b27-19-. The molecule has 4 rings (SSSR count). The number of aromatic nitrogens is 2. The maximum atomic E-state index is 12.0. The molecule has 9 heteroatoms. The Morgan fingerprint density at radius 2 is 1.79 bits per heavy atom. The number of para-hydroxylation sites is 1. The lowest BCUT2D eigenvalue weighted by molar-refractivity contribution is -0.116. The van der Waals surface area contributed by atoms with Gasteiger partial charge >= 0.3 is 0 Å². The summed E-state index contributed by atoms with van der Waals surface area (Å²) in [4.78, 5) is 22.5. The molecule has 0 aliphatic heterocycles. The van der Waals surface area contributed by atoms with Gasteiger partial charge in [-0.3, -0.25) is 4.79 Å². The van der Waals surface area contributed by atoms with Crippen LogP contribution in [0.1, 0.15) is 30.3 Å². The number of aliphatic hydroxyl groups is 2. The zero-order valence-electron chi connectivity index (χ0n) is 21.2. The average molecular weight is 531 g/mol. The van der Waals surface area contributed by atoms with Crippen molar-refractivity contribution >= 4 is 39.4 Å². The van der Waals surface area contributed by atoms with E-state index in [1.165, 1.54) is 4.90 Å². The van der Waals surface area contributed by atoms with Crippen LogP contribution < -0.4 is 10.5 Å². The number of aryl methyl sites for hydroxylation is 1. The van der Waals surface area contributed by atoms with Crippen LogP contribution in [0.25, 0.3) is 10.8 Å². The molecule has 1 aromatic heterocycles. The van der Waals surface area contributed by atoms with Gasteiger partial charge in [-0.05, 0) is 37.4 Å². The summed E-state index contributed by atoms with van der Waals surface area (Å²) in [5.41, 5.74) is 7.73. The van der Waals surface area contributed by atoms with E-state index in [0.717, 1.165) is 10.8 Å². The van der Waals surface area contributed by atoms with Crippen LogP contribution in [0.4, 0.5) is 5.82 Å². The lowest BCUT2D eigenvalue weighted by Crippen LogP contribution is -2.22. The molecule has 1 heterocycles. The van der Waals surface area contributed by atoms with E-state index in [1.54, 1.807) is 32.2 Å². The zero-order valence-corrected chi connectivity index (χ0v) is 22.1. The molecular weight excluding hydrogens is 500 g/mol. The number of carbonyl (C=O) groups excluding carboxylic acids is 1. The second-order valence-electron chi connectivity index (χ2n) is 8.58. The Labute approximate surface area is 225 Å². The highest BCUT2D eigenvalue weighted by molar-refractivity contribution is 8.02. The zero-order chi connectivity index (χ0) is 27.1. The van der Waals surface area contributed by atoms with Crippen LogP contribution in [0.3, 0.4) is 0 Å². The van der Waals surface area contributed by atoms with Crippen LogP contribution in [0, 0.1) is 6.92 Å². The minimum atomic E-state index is -0.149. The lowest BCUT2D eigenvalue weighted by atomic mass is 10.1. The number of anilines is 1. The van der Waals surface area contributed by atoms with Crippen molar-refractivity contribution in [1.29, 1.82) is 0 Å². The van der Waals surface area contributed by atoms with Crippen molar-refractivity contribution in [3.05, 3.63) is 100 Å². The Bertz CT molecular complexity index is 1510. The number of amides is 1. The minimum Gasteiger partial charge on any atom is -0.456 e. The van der Waals surface area contributed by atoms with Crippen molar-refractivity contribution in [1.82, 2.24) is 14.9 Å². The average Bonchev–Trinajstić information content (AvgIpc) is 2.92. The SMILES string of the molecule is C/C(=C(CCO)/[SH]=C(\O)c1ccccc1Oc1cccc2ccccc12)N(C=O)Cc1cnc(C)nc1N. The van der Waals surface area contributed by atoms with E-state index in [0.29, 0.717) is 62.6 Å². The van der Waals surface area contributed by atoms with Gasteiger partial charge in [0.1, 0.15) is 28.2 Å². The first kappa shape index (κ1) is 27.0. The van der Waals surface area contributed by atoms with Gasteiger partial charge in [0, 0.05) is 40.8 Å². The summed E-state index contributed by atoms with van der Waals surface area (Å²) in [7, 11) is 0. The lowest BCUT2D eigenvalue weighted by Gasteiger charge is -2.21. The van der Waals surface area contributed by atoms with Crippen molar-refractivity contribution < 1.29 is 19.7 Å². The van der Waals surface area contributed by atoms with E-state index >= 15 is 0 Å². The van der Waals surface area contributed by atoms with Crippen LogP contribution in [-0.4, -0.2) is 43.1 Å². The highest BCUT2D eigenvalue weighted by Crippen LogP contribution is 2.33. The maximum absolute atomic E-state index is 12.0. The fourth-order valence-electron chi connectivity index (χ4n) is 3.97. The van der Waals surface area contributed by atoms with Gasteiger partial charge in [0.25, 0.3) is 0 Å². The smallest absolute Gasteiger partial charge is 0.214 e. The molecule has 0 spiro atoms. The first-order chi connectivity index (χ1) is 18.4. The van der Waals surface area contributed by atoms with Crippen molar-refractivity contribution in [3.63, 3.8) is 0 Å². The molecule has 38 heavy (non-hydrogen) atoms. The normalized spacial score (nSPS) is 12.5. The number of fused-ring (bicyclic) bond motifs is 1. The molecule has 1 amide bonds.